The molecular formula is C17H21N5O. The summed E-state index contributed by atoms with van der Waals surface area (Å²) in [7, 11) is 0. The molecule has 1 N–H and O–H groups in total. The molecule has 0 bridgehead atoms. The third kappa shape index (κ3) is 3.64. The highest BCUT2D eigenvalue weighted by atomic mass is 16.2. The van der Waals surface area contributed by atoms with Crippen molar-refractivity contribution in [1.29, 1.82) is 0 Å². The second-order valence-electron chi connectivity index (χ2n) is 5.64. The van der Waals surface area contributed by atoms with E-state index in [0.717, 1.165) is 43.3 Å². The number of pyridine rings is 1. The molecule has 1 amide bonds. The smallest absolute Gasteiger partial charge is 0.222 e. The zero-order valence-corrected chi connectivity index (χ0v) is 13.3. The highest BCUT2D eigenvalue weighted by Crippen LogP contribution is 2.31. The summed E-state index contributed by atoms with van der Waals surface area (Å²) < 4.78 is 0. The fourth-order valence-electron chi connectivity index (χ4n) is 2.93. The Hall–Kier alpha value is -2.50. The molecule has 1 aliphatic heterocycles. The van der Waals surface area contributed by atoms with Gasteiger partial charge in [-0.15, -0.1) is 0 Å². The third-order valence-electron chi connectivity index (χ3n) is 4.17. The third-order valence-corrected chi connectivity index (χ3v) is 4.17. The van der Waals surface area contributed by atoms with Gasteiger partial charge in [0.15, 0.2) is 5.82 Å². The van der Waals surface area contributed by atoms with Gasteiger partial charge in [0.05, 0.1) is 5.69 Å². The highest BCUT2D eigenvalue weighted by molar-refractivity contribution is 5.75. The number of piperidine rings is 1. The molecule has 0 aromatic carbocycles. The van der Waals surface area contributed by atoms with Crippen LogP contribution in [0, 0.1) is 0 Å². The van der Waals surface area contributed by atoms with Crippen molar-refractivity contribution in [2.45, 2.75) is 32.1 Å². The number of aromatic nitrogens is 3. The predicted octanol–water partition coefficient (Wildman–Crippen LogP) is 2.73. The van der Waals surface area contributed by atoms with E-state index in [2.05, 4.69) is 20.3 Å². The largest absolute Gasteiger partial charge is 0.343 e. The Labute approximate surface area is 136 Å². The van der Waals surface area contributed by atoms with Gasteiger partial charge in [0.2, 0.25) is 5.91 Å². The molecule has 0 atom stereocenters. The molecule has 1 saturated heterocycles. The number of hydrogen-bond donors (Lipinski definition) is 1. The topological polar surface area (TPSA) is 71.0 Å². The van der Waals surface area contributed by atoms with Gasteiger partial charge in [-0.25, -0.2) is 9.97 Å². The minimum atomic E-state index is 0.231. The SMILES string of the molecule is CCC(=O)N1CCC(c2nccnc2Nc2ccccn2)CC1. The zero-order chi connectivity index (χ0) is 16.1. The van der Waals surface area contributed by atoms with Crippen molar-refractivity contribution in [3.8, 4) is 0 Å². The van der Waals surface area contributed by atoms with Crippen LogP contribution in [0.4, 0.5) is 11.6 Å². The maximum Gasteiger partial charge on any atom is 0.222 e. The van der Waals surface area contributed by atoms with E-state index in [9.17, 15) is 4.79 Å². The van der Waals surface area contributed by atoms with E-state index in [0.29, 0.717) is 12.3 Å². The van der Waals surface area contributed by atoms with Gasteiger partial charge < -0.3 is 10.2 Å². The van der Waals surface area contributed by atoms with E-state index in [1.807, 2.05) is 30.0 Å². The molecule has 6 nitrogen and oxygen atoms in total. The lowest BCUT2D eigenvalue weighted by Gasteiger charge is -2.32. The summed E-state index contributed by atoms with van der Waals surface area (Å²) in [4.78, 5) is 27.0. The molecule has 120 valence electrons. The summed E-state index contributed by atoms with van der Waals surface area (Å²) >= 11 is 0. The van der Waals surface area contributed by atoms with Crippen LogP contribution < -0.4 is 5.32 Å². The summed E-state index contributed by atoms with van der Waals surface area (Å²) in [5.41, 5.74) is 0.960. The number of rotatable bonds is 4. The van der Waals surface area contributed by atoms with Crippen molar-refractivity contribution in [3.05, 3.63) is 42.5 Å². The lowest BCUT2D eigenvalue weighted by atomic mass is 9.93. The molecule has 1 aliphatic rings. The number of hydrogen-bond acceptors (Lipinski definition) is 5. The summed E-state index contributed by atoms with van der Waals surface area (Å²) in [6.07, 6.45) is 7.56. The monoisotopic (exact) mass is 311 g/mol. The first-order valence-electron chi connectivity index (χ1n) is 8.04. The lowest BCUT2D eigenvalue weighted by molar-refractivity contribution is -0.131. The van der Waals surface area contributed by atoms with Crippen LogP contribution in [-0.2, 0) is 4.79 Å². The van der Waals surface area contributed by atoms with Gasteiger partial charge >= 0.3 is 0 Å². The molecule has 3 rings (SSSR count). The second kappa shape index (κ2) is 7.17. The summed E-state index contributed by atoms with van der Waals surface area (Å²) in [6, 6.07) is 5.71. The standard InChI is InChI=1S/C17H21N5O/c1-2-15(23)22-11-6-13(7-12-22)16-17(20-10-9-19-16)21-14-5-3-4-8-18-14/h3-5,8-10,13H,2,6-7,11-12H2,1H3,(H,18,20,21). The molecule has 2 aromatic heterocycles. The molecule has 0 unspecified atom stereocenters. The van der Waals surface area contributed by atoms with Crippen molar-refractivity contribution < 1.29 is 4.79 Å². The summed E-state index contributed by atoms with van der Waals surface area (Å²) in [6.45, 7) is 3.49. The van der Waals surface area contributed by atoms with Gasteiger partial charge in [-0.05, 0) is 25.0 Å². The number of nitrogens with zero attached hydrogens (tertiary/aromatic N) is 4. The molecule has 0 saturated carbocycles. The van der Waals surface area contributed by atoms with Gasteiger partial charge in [-0.3, -0.25) is 9.78 Å². The van der Waals surface area contributed by atoms with Crippen LogP contribution in [0.5, 0.6) is 0 Å². The highest BCUT2D eigenvalue weighted by Gasteiger charge is 2.26. The van der Waals surface area contributed by atoms with E-state index in [1.165, 1.54) is 0 Å². The van der Waals surface area contributed by atoms with Crippen molar-refractivity contribution >= 4 is 17.5 Å². The second-order valence-corrected chi connectivity index (χ2v) is 5.64. The quantitative estimate of drug-likeness (QED) is 0.940. The fourth-order valence-corrected chi connectivity index (χ4v) is 2.93. The Kier molecular flexibility index (Phi) is 4.80. The lowest BCUT2D eigenvalue weighted by Crippen LogP contribution is -2.37. The van der Waals surface area contributed by atoms with Gasteiger partial charge in [0, 0.05) is 44.0 Å². The van der Waals surface area contributed by atoms with Gasteiger partial charge in [-0.1, -0.05) is 13.0 Å². The van der Waals surface area contributed by atoms with Gasteiger partial charge in [0.1, 0.15) is 5.82 Å². The summed E-state index contributed by atoms with van der Waals surface area (Å²) in [5.74, 6) is 2.06. The molecule has 3 heterocycles. The van der Waals surface area contributed by atoms with Crippen LogP contribution in [0.3, 0.4) is 0 Å². The minimum Gasteiger partial charge on any atom is -0.343 e. The number of nitrogens with one attached hydrogen (secondary N) is 1. The van der Waals surface area contributed by atoms with Crippen molar-refractivity contribution in [2.24, 2.45) is 0 Å². The fraction of sp³-hybridized carbons (Fsp3) is 0.412. The number of anilines is 2. The normalized spacial score (nSPS) is 15.4. The Bertz CT molecular complexity index is 653. The minimum absolute atomic E-state index is 0.231. The zero-order valence-electron chi connectivity index (χ0n) is 13.3. The van der Waals surface area contributed by atoms with E-state index in [-0.39, 0.29) is 5.91 Å². The van der Waals surface area contributed by atoms with Crippen LogP contribution in [0.2, 0.25) is 0 Å². The first-order chi connectivity index (χ1) is 11.3. The van der Waals surface area contributed by atoms with Crippen molar-refractivity contribution in [1.82, 2.24) is 19.9 Å². The Morgan fingerprint density at radius 3 is 2.65 bits per heavy atom. The van der Waals surface area contributed by atoms with Crippen LogP contribution in [0.1, 0.15) is 37.8 Å². The molecule has 1 fully saturated rings. The maximum absolute atomic E-state index is 11.8. The molecule has 0 spiro atoms. The number of likely N-dealkylation sites (tertiary alicyclic amines) is 1. The predicted molar refractivity (Wildman–Crippen MR) is 88.4 cm³/mol. The van der Waals surface area contributed by atoms with E-state index < -0.39 is 0 Å². The Morgan fingerprint density at radius 2 is 1.96 bits per heavy atom. The molecule has 23 heavy (non-hydrogen) atoms. The van der Waals surface area contributed by atoms with Crippen LogP contribution >= 0.6 is 0 Å². The van der Waals surface area contributed by atoms with E-state index in [4.69, 9.17) is 0 Å². The van der Waals surface area contributed by atoms with Crippen LogP contribution in [0.15, 0.2) is 36.8 Å². The molecule has 2 aromatic rings. The number of carbonyl (C=O) groups excluding carboxylic acids is 1. The average Bonchev–Trinajstić information content (AvgIpc) is 2.62. The van der Waals surface area contributed by atoms with Crippen molar-refractivity contribution in [3.63, 3.8) is 0 Å². The Morgan fingerprint density at radius 1 is 1.17 bits per heavy atom. The van der Waals surface area contributed by atoms with Gasteiger partial charge in [-0.2, -0.15) is 0 Å². The molecule has 0 radical (unpaired) electrons. The Balaban J connectivity index is 1.73. The molecule has 6 heteroatoms. The van der Waals surface area contributed by atoms with Gasteiger partial charge in [0.25, 0.3) is 0 Å². The van der Waals surface area contributed by atoms with Crippen molar-refractivity contribution in [2.75, 3.05) is 18.4 Å². The van der Waals surface area contributed by atoms with E-state index in [1.54, 1.807) is 18.6 Å². The van der Waals surface area contributed by atoms with Crippen LogP contribution in [0.25, 0.3) is 0 Å². The average molecular weight is 311 g/mol. The number of carbonyl (C=O) groups is 1. The van der Waals surface area contributed by atoms with E-state index >= 15 is 0 Å². The summed E-state index contributed by atoms with van der Waals surface area (Å²) in [5, 5.41) is 3.25. The maximum atomic E-state index is 11.8. The molecular weight excluding hydrogens is 290 g/mol. The first kappa shape index (κ1) is 15.4. The van der Waals surface area contributed by atoms with Crippen LogP contribution in [-0.4, -0.2) is 38.8 Å². The first-order valence-corrected chi connectivity index (χ1v) is 8.04. The molecule has 0 aliphatic carbocycles. The number of amides is 1.